The van der Waals surface area contributed by atoms with Crippen LogP contribution in [-0.2, 0) is 18.4 Å². The monoisotopic (exact) mass is 1160 g/mol. The number of aliphatic hydroxyl groups excluding tert-OH is 1. The summed E-state index contributed by atoms with van der Waals surface area (Å²) in [4.78, 5) is 25.7. The molecule has 2 N–H and O–H groups in total. The quantitative estimate of drug-likeness (QED) is 0.0272. The van der Waals surface area contributed by atoms with Crippen molar-refractivity contribution in [2.24, 2.45) is 0 Å². The number of rotatable bonds is 64. The fourth-order valence-electron chi connectivity index (χ4n) is 10.3. The fourth-order valence-corrected chi connectivity index (χ4v) is 11.1. The summed E-state index contributed by atoms with van der Waals surface area (Å²) in [5, 5.41) is 14.1. The Bertz CT molecular complexity index is 1550. The van der Waals surface area contributed by atoms with Crippen LogP contribution in [0, 0.1) is 0 Å². The summed E-state index contributed by atoms with van der Waals surface area (Å²) in [5.41, 5.74) is 0. The molecule has 0 saturated carbocycles. The molecule has 0 aromatic carbocycles. The van der Waals surface area contributed by atoms with Gasteiger partial charge < -0.3 is 28.8 Å². The van der Waals surface area contributed by atoms with Crippen molar-refractivity contribution in [2.45, 2.75) is 341 Å². The summed E-state index contributed by atoms with van der Waals surface area (Å²) < 4.78 is 23.5. The lowest BCUT2D eigenvalue weighted by molar-refractivity contribution is -0.870. The van der Waals surface area contributed by atoms with Crippen LogP contribution in [0.5, 0.6) is 0 Å². The molecule has 1 amide bonds. The Hall–Kier alpha value is -2.06. The fraction of sp³-hybridized carbons (Fsp3) is 0.819. The number of nitrogens with zero attached hydrogens (tertiary/aromatic N) is 1. The van der Waals surface area contributed by atoms with Crippen molar-refractivity contribution in [1.29, 1.82) is 0 Å². The van der Waals surface area contributed by atoms with Gasteiger partial charge in [0.25, 0.3) is 7.82 Å². The zero-order valence-electron chi connectivity index (χ0n) is 54.2. The first-order valence-corrected chi connectivity index (χ1v) is 36.2. The molecule has 3 atom stereocenters. The van der Waals surface area contributed by atoms with Gasteiger partial charge in [-0.25, -0.2) is 0 Å². The first kappa shape index (κ1) is 78.9. The summed E-state index contributed by atoms with van der Waals surface area (Å²) in [6.07, 6.45) is 86.8. The second-order valence-corrected chi connectivity index (χ2v) is 26.3. The normalized spacial score (nSPS) is 14.1. The molecule has 0 radical (unpaired) electrons. The van der Waals surface area contributed by atoms with Crippen LogP contribution in [0.2, 0.25) is 0 Å². The number of phosphoric acid groups is 1. The molecule has 0 aliphatic heterocycles. The minimum absolute atomic E-state index is 0.0118. The molecule has 0 fully saturated rings. The lowest BCUT2D eigenvalue weighted by Crippen LogP contribution is -2.46. The maximum Gasteiger partial charge on any atom is 0.268 e. The molecule has 0 aromatic rings. The number of carbonyl (C=O) groups is 1. The van der Waals surface area contributed by atoms with Gasteiger partial charge in [0.05, 0.1) is 39.9 Å². The van der Waals surface area contributed by atoms with Crippen molar-refractivity contribution < 1.29 is 32.9 Å². The molecule has 9 heteroatoms. The van der Waals surface area contributed by atoms with E-state index in [1.54, 1.807) is 0 Å². The minimum atomic E-state index is -4.58. The number of unbranched alkanes of at least 4 members (excludes halogenated alkanes) is 39. The molecule has 81 heavy (non-hydrogen) atoms. The summed E-state index contributed by atoms with van der Waals surface area (Å²) >= 11 is 0. The van der Waals surface area contributed by atoms with Gasteiger partial charge in [0.2, 0.25) is 5.91 Å². The first-order chi connectivity index (χ1) is 39.5. The smallest absolute Gasteiger partial charge is 0.268 e. The number of quaternary nitrogens is 1. The molecular weight excluding hydrogens is 1020 g/mol. The van der Waals surface area contributed by atoms with Crippen molar-refractivity contribution in [2.75, 3.05) is 40.9 Å². The summed E-state index contributed by atoms with van der Waals surface area (Å²) in [7, 11) is 1.31. The predicted octanol–water partition coefficient (Wildman–Crippen LogP) is 21.5. The van der Waals surface area contributed by atoms with Crippen LogP contribution in [0.25, 0.3) is 0 Å². The van der Waals surface area contributed by atoms with Gasteiger partial charge in [0.15, 0.2) is 0 Å². The Morgan fingerprint density at radius 1 is 0.444 bits per heavy atom. The number of aliphatic hydroxyl groups is 1. The maximum atomic E-state index is 13.1. The lowest BCUT2D eigenvalue weighted by Gasteiger charge is -2.30. The van der Waals surface area contributed by atoms with Crippen LogP contribution in [0.4, 0.5) is 0 Å². The van der Waals surface area contributed by atoms with Crippen LogP contribution in [-0.4, -0.2) is 68.5 Å². The van der Waals surface area contributed by atoms with Crippen molar-refractivity contribution in [3.63, 3.8) is 0 Å². The topological polar surface area (TPSA) is 108 Å². The van der Waals surface area contributed by atoms with E-state index >= 15 is 0 Å². The standard InChI is InChI=1S/C72H135N2O6P/c1-6-8-10-12-14-16-18-20-22-24-26-28-30-32-33-34-35-36-37-38-39-40-41-42-44-46-48-50-52-54-56-58-60-62-64-66-72(76)73-70(69-80-81(77,78)79-68-67-74(3,4)5)71(75)65-63-61-59-57-55-53-51-49-47-45-43-31-29-27-25-23-21-19-17-15-13-11-9-7-2/h8,10,14,16,20,22,26,28,32-33,35-36,70-71,75H,6-7,9,11-13,15,17-19,21,23-25,27,29-31,34,37-69H2,1-5H3,(H-,73,76,77,78)/b10-8-,16-14-,22-20-,28-26-,33-32-,36-35-. The van der Waals surface area contributed by atoms with E-state index in [1.165, 1.54) is 225 Å². The van der Waals surface area contributed by atoms with Gasteiger partial charge >= 0.3 is 0 Å². The van der Waals surface area contributed by atoms with Crippen molar-refractivity contribution in [3.05, 3.63) is 72.9 Å². The molecule has 0 aliphatic carbocycles. The van der Waals surface area contributed by atoms with Crippen LogP contribution in [0.3, 0.4) is 0 Å². The number of likely N-dealkylation sites (N-methyl/N-ethyl adjacent to an activating group) is 1. The average molecular weight is 1160 g/mol. The van der Waals surface area contributed by atoms with Crippen molar-refractivity contribution >= 4 is 13.7 Å². The van der Waals surface area contributed by atoms with Gasteiger partial charge in [-0.15, -0.1) is 0 Å². The van der Waals surface area contributed by atoms with Gasteiger partial charge in [-0.05, 0) is 64.2 Å². The van der Waals surface area contributed by atoms with E-state index in [1.807, 2.05) is 21.1 Å². The zero-order valence-corrected chi connectivity index (χ0v) is 55.1. The Labute approximate surface area is 504 Å². The number of phosphoric ester groups is 1. The van der Waals surface area contributed by atoms with Crippen molar-refractivity contribution in [1.82, 2.24) is 5.32 Å². The third-order valence-electron chi connectivity index (χ3n) is 15.7. The second-order valence-electron chi connectivity index (χ2n) is 24.9. The molecule has 474 valence electrons. The second kappa shape index (κ2) is 62.5. The van der Waals surface area contributed by atoms with E-state index in [2.05, 4.69) is 92.1 Å². The molecular formula is C72H135N2O6P. The molecule has 3 unspecified atom stereocenters. The Morgan fingerprint density at radius 2 is 0.753 bits per heavy atom. The number of carbonyl (C=O) groups excluding carboxylic acids is 1. The number of nitrogens with one attached hydrogen (secondary N) is 1. The van der Waals surface area contributed by atoms with E-state index in [-0.39, 0.29) is 19.1 Å². The number of amides is 1. The van der Waals surface area contributed by atoms with Crippen LogP contribution in [0.1, 0.15) is 328 Å². The first-order valence-electron chi connectivity index (χ1n) is 34.8. The highest BCUT2D eigenvalue weighted by molar-refractivity contribution is 7.45. The van der Waals surface area contributed by atoms with Crippen LogP contribution < -0.4 is 10.2 Å². The summed E-state index contributed by atoms with van der Waals surface area (Å²) in [5.74, 6) is -0.161. The van der Waals surface area contributed by atoms with Gasteiger partial charge in [-0.1, -0.05) is 331 Å². The van der Waals surface area contributed by atoms with E-state index in [0.717, 1.165) is 77.0 Å². The highest BCUT2D eigenvalue weighted by atomic mass is 31.2. The molecule has 0 aliphatic rings. The molecule has 0 rings (SSSR count). The van der Waals surface area contributed by atoms with Gasteiger partial charge in [0.1, 0.15) is 13.2 Å². The van der Waals surface area contributed by atoms with E-state index in [4.69, 9.17) is 9.05 Å². The Kier molecular flexibility index (Phi) is 60.9. The van der Waals surface area contributed by atoms with Gasteiger partial charge in [-0.3, -0.25) is 9.36 Å². The highest BCUT2D eigenvalue weighted by Gasteiger charge is 2.24. The van der Waals surface area contributed by atoms with Gasteiger partial charge in [-0.2, -0.15) is 0 Å². The van der Waals surface area contributed by atoms with E-state index in [0.29, 0.717) is 23.9 Å². The average Bonchev–Trinajstić information content (AvgIpc) is 3.43. The van der Waals surface area contributed by atoms with Crippen LogP contribution >= 0.6 is 7.82 Å². The Balaban J connectivity index is 4.02. The number of hydrogen-bond acceptors (Lipinski definition) is 6. The molecule has 0 heterocycles. The molecule has 0 bridgehead atoms. The number of allylic oxidation sites excluding steroid dienone is 12. The molecule has 0 saturated heterocycles. The molecule has 8 nitrogen and oxygen atoms in total. The Morgan fingerprint density at radius 3 is 1.10 bits per heavy atom. The lowest BCUT2D eigenvalue weighted by atomic mass is 10.0. The van der Waals surface area contributed by atoms with E-state index in [9.17, 15) is 19.4 Å². The summed E-state index contributed by atoms with van der Waals surface area (Å²) in [6, 6.07) is -0.804. The zero-order chi connectivity index (χ0) is 59.1. The maximum absolute atomic E-state index is 13.1. The predicted molar refractivity (Wildman–Crippen MR) is 353 cm³/mol. The van der Waals surface area contributed by atoms with Crippen molar-refractivity contribution in [3.8, 4) is 0 Å². The third-order valence-corrected chi connectivity index (χ3v) is 16.7. The van der Waals surface area contributed by atoms with Gasteiger partial charge in [0, 0.05) is 6.42 Å². The minimum Gasteiger partial charge on any atom is -0.756 e. The largest absolute Gasteiger partial charge is 0.756 e. The molecule has 0 aromatic heterocycles. The number of hydrogen-bond donors (Lipinski definition) is 2. The summed E-state index contributed by atoms with van der Waals surface area (Å²) in [6.45, 7) is 4.65. The highest BCUT2D eigenvalue weighted by Crippen LogP contribution is 2.38. The van der Waals surface area contributed by atoms with Crippen LogP contribution in [0.15, 0.2) is 72.9 Å². The third kappa shape index (κ3) is 65.3. The molecule has 0 spiro atoms. The van der Waals surface area contributed by atoms with E-state index < -0.39 is 20.0 Å². The SMILES string of the molecule is CC/C=C\C/C=C\C/C=C\C/C=C\C/C=C\C/C=C\CCCCCCCCCCCCCCCCCCC(=O)NC(COP(=O)([O-])OCC[N+](C)(C)C)C(O)CCCCCCCCCCCCCCCCCCCCCCCCCC.